The molecule has 0 aromatic heterocycles. The minimum absolute atomic E-state index is 0.120. The van der Waals surface area contributed by atoms with Crippen molar-refractivity contribution in [3.63, 3.8) is 0 Å². The molecule has 1 N–H and O–H groups in total. The van der Waals surface area contributed by atoms with Crippen molar-refractivity contribution < 1.29 is 24.2 Å². The number of aryl methyl sites for hydroxylation is 1. The highest BCUT2D eigenvalue weighted by Gasteiger charge is 2.59. The van der Waals surface area contributed by atoms with E-state index in [1.807, 2.05) is 26.8 Å². The lowest BCUT2D eigenvalue weighted by Crippen LogP contribution is -2.49. The number of hydrogen-bond acceptors (Lipinski definition) is 5. The van der Waals surface area contributed by atoms with Gasteiger partial charge in [-0.05, 0) is 24.8 Å². The number of benzene rings is 1. The van der Waals surface area contributed by atoms with E-state index in [9.17, 15) is 19.5 Å². The smallest absolute Gasteiger partial charge is 0.336 e. The summed E-state index contributed by atoms with van der Waals surface area (Å²) in [5.74, 6) is -1.79. The summed E-state index contributed by atoms with van der Waals surface area (Å²) in [6.07, 6.45) is 1.85. The van der Waals surface area contributed by atoms with Gasteiger partial charge < -0.3 is 9.84 Å². The number of unbranched alkanes of at least 4 members (excludes halogenated alkanes) is 1. The minimum atomic E-state index is -1.78. The van der Waals surface area contributed by atoms with E-state index < -0.39 is 29.1 Å². The summed E-state index contributed by atoms with van der Waals surface area (Å²) in [4.78, 5) is 38.8. The van der Waals surface area contributed by atoms with Crippen LogP contribution < -0.4 is 0 Å². The number of aliphatic hydroxyl groups excluding tert-OH is 1. The van der Waals surface area contributed by atoms with Crippen molar-refractivity contribution >= 4 is 17.5 Å². The number of rotatable bonds is 9. The second-order valence-electron chi connectivity index (χ2n) is 6.89. The zero-order chi connectivity index (χ0) is 19.3. The molecule has 5 nitrogen and oxygen atoms in total. The molecule has 0 bridgehead atoms. The van der Waals surface area contributed by atoms with Crippen LogP contribution in [0.15, 0.2) is 18.2 Å². The molecule has 142 valence electrons. The number of ether oxygens (including phenoxy) is 1. The Morgan fingerprint density at radius 3 is 2.46 bits per heavy atom. The molecule has 0 saturated carbocycles. The largest absolute Gasteiger partial charge is 0.464 e. The van der Waals surface area contributed by atoms with Crippen LogP contribution in [0.3, 0.4) is 0 Å². The summed E-state index contributed by atoms with van der Waals surface area (Å²) < 4.78 is 5.11. The Labute approximate surface area is 154 Å². The van der Waals surface area contributed by atoms with Crippen LogP contribution in [0.25, 0.3) is 0 Å². The Bertz CT molecular complexity index is 694. The lowest BCUT2D eigenvalue weighted by molar-refractivity contribution is -0.158. The maximum Gasteiger partial charge on any atom is 0.336 e. The van der Waals surface area contributed by atoms with Crippen LogP contribution in [0.1, 0.15) is 79.2 Å². The summed E-state index contributed by atoms with van der Waals surface area (Å²) in [5, 5.41) is 10.7. The Morgan fingerprint density at radius 1 is 1.12 bits per heavy atom. The monoisotopic (exact) mass is 360 g/mol. The number of esters is 1. The standard InChI is InChI=1S/C21H28O5/c1-4-7-13-26-20(25)19(24)21(12-6-3)17(22)15-11-8-10-14(9-5-2)16(15)18(21)23/h8,10-11,19,24H,4-7,9,12-13H2,1-3H3. The Balaban J connectivity index is 2.45. The van der Waals surface area contributed by atoms with Gasteiger partial charge in [0.2, 0.25) is 0 Å². The van der Waals surface area contributed by atoms with Crippen LogP contribution in [0.5, 0.6) is 0 Å². The van der Waals surface area contributed by atoms with Gasteiger partial charge in [-0.25, -0.2) is 4.79 Å². The minimum Gasteiger partial charge on any atom is -0.464 e. The Morgan fingerprint density at radius 2 is 1.85 bits per heavy atom. The molecule has 26 heavy (non-hydrogen) atoms. The van der Waals surface area contributed by atoms with Crippen LogP contribution in [-0.4, -0.2) is 35.4 Å². The maximum atomic E-state index is 13.3. The number of ketones is 2. The van der Waals surface area contributed by atoms with Crippen LogP contribution in [0.4, 0.5) is 0 Å². The third-order valence-corrected chi connectivity index (χ3v) is 5.03. The van der Waals surface area contributed by atoms with Crippen molar-refractivity contribution in [1.82, 2.24) is 0 Å². The van der Waals surface area contributed by atoms with Crippen LogP contribution >= 0.6 is 0 Å². The first-order chi connectivity index (χ1) is 12.4. The van der Waals surface area contributed by atoms with Gasteiger partial charge in [0.05, 0.1) is 6.61 Å². The van der Waals surface area contributed by atoms with Gasteiger partial charge in [-0.3, -0.25) is 9.59 Å². The lowest BCUT2D eigenvalue weighted by Gasteiger charge is -2.29. The van der Waals surface area contributed by atoms with E-state index in [2.05, 4.69) is 0 Å². The van der Waals surface area contributed by atoms with Crippen LogP contribution in [0.2, 0.25) is 0 Å². The lowest BCUT2D eigenvalue weighted by atomic mass is 9.73. The highest BCUT2D eigenvalue weighted by molar-refractivity contribution is 6.31. The zero-order valence-electron chi connectivity index (χ0n) is 15.8. The molecule has 0 heterocycles. The quantitative estimate of drug-likeness (QED) is 0.414. The van der Waals surface area contributed by atoms with Gasteiger partial charge in [0.15, 0.2) is 17.7 Å². The van der Waals surface area contributed by atoms with Crippen molar-refractivity contribution in [3.05, 3.63) is 34.9 Å². The van der Waals surface area contributed by atoms with E-state index in [0.717, 1.165) is 18.4 Å². The maximum absolute atomic E-state index is 13.3. The molecule has 0 amide bonds. The number of carbonyl (C=O) groups is 3. The molecular weight excluding hydrogens is 332 g/mol. The molecule has 0 aliphatic heterocycles. The average Bonchev–Trinajstić information content (AvgIpc) is 2.85. The number of carbonyl (C=O) groups excluding carboxylic acids is 3. The fourth-order valence-electron chi connectivity index (χ4n) is 3.71. The van der Waals surface area contributed by atoms with Crippen molar-refractivity contribution in [2.24, 2.45) is 5.41 Å². The molecule has 0 saturated heterocycles. The predicted molar refractivity (Wildman–Crippen MR) is 98.3 cm³/mol. The normalized spacial score (nSPS) is 20.2. The van der Waals surface area contributed by atoms with E-state index in [4.69, 9.17) is 4.74 Å². The van der Waals surface area contributed by atoms with Crippen LogP contribution in [-0.2, 0) is 16.0 Å². The second-order valence-corrected chi connectivity index (χ2v) is 6.89. The van der Waals surface area contributed by atoms with Crippen molar-refractivity contribution in [2.45, 2.75) is 65.4 Å². The zero-order valence-corrected chi connectivity index (χ0v) is 15.8. The third-order valence-electron chi connectivity index (χ3n) is 5.03. The molecule has 2 unspecified atom stereocenters. The Hall–Kier alpha value is -2.01. The SMILES string of the molecule is CCCCOC(=O)C(O)C1(CCC)C(=O)c2cccc(CCC)c2C1=O. The van der Waals surface area contributed by atoms with E-state index in [0.29, 0.717) is 30.4 Å². The van der Waals surface area contributed by atoms with Crippen molar-refractivity contribution in [3.8, 4) is 0 Å². The predicted octanol–water partition coefficient (Wildman–Crippen LogP) is 3.51. The van der Waals surface area contributed by atoms with Crippen molar-refractivity contribution in [1.29, 1.82) is 0 Å². The first-order valence-electron chi connectivity index (χ1n) is 9.51. The van der Waals surface area contributed by atoms with Gasteiger partial charge in [0, 0.05) is 11.1 Å². The molecule has 0 fully saturated rings. The first kappa shape index (κ1) is 20.3. The molecule has 1 aliphatic rings. The Kier molecular flexibility index (Phi) is 6.70. The summed E-state index contributed by atoms with van der Waals surface area (Å²) in [6.45, 7) is 5.96. The van der Waals surface area contributed by atoms with Gasteiger partial charge in [-0.15, -0.1) is 0 Å². The van der Waals surface area contributed by atoms with Gasteiger partial charge >= 0.3 is 5.97 Å². The summed E-state index contributed by atoms with van der Waals surface area (Å²) in [6, 6.07) is 5.20. The molecule has 0 radical (unpaired) electrons. The number of aliphatic hydroxyl groups is 1. The molecule has 2 rings (SSSR count). The fraction of sp³-hybridized carbons (Fsp3) is 0.571. The topological polar surface area (TPSA) is 80.7 Å². The molecule has 1 aliphatic carbocycles. The molecular formula is C21H28O5. The fourth-order valence-corrected chi connectivity index (χ4v) is 3.71. The van der Waals surface area contributed by atoms with Gasteiger partial charge in [0.1, 0.15) is 5.41 Å². The van der Waals surface area contributed by atoms with E-state index >= 15 is 0 Å². The molecule has 1 aromatic carbocycles. The summed E-state index contributed by atoms with van der Waals surface area (Å²) in [7, 11) is 0. The van der Waals surface area contributed by atoms with E-state index in [1.54, 1.807) is 12.1 Å². The summed E-state index contributed by atoms with van der Waals surface area (Å²) in [5.41, 5.74) is -0.277. The number of fused-ring (bicyclic) bond motifs is 1. The van der Waals surface area contributed by atoms with E-state index in [1.165, 1.54) is 0 Å². The summed E-state index contributed by atoms with van der Waals surface area (Å²) >= 11 is 0. The highest BCUT2D eigenvalue weighted by Crippen LogP contribution is 2.44. The van der Waals surface area contributed by atoms with Gasteiger partial charge in [-0.2, -0.15) is 0 Å². The van der Waals surface area contributed by atoms with Crippen LogP contribution in [0, 0.1) is 5.41 Å². The number of Topliss-reactive ketones (excluding diaryl/α,β-unsaturated/α-hetero) is 2. The first-order valence-corrected chi connectivity index (χ1v) is 9.51. The van der Waals surface area contributed by atoms with Gasteiger partial charge in [0.25, 0.3) is 0 Å². The number of hydrogen-bond donors (Lipinski definition) is 1. The second kappa shape index (κ2) is 8.58. The molecule has 2 atom stereocenters. The van der Waals surface area contributed by atoms with Crippen molar-refractivity contribution in [2.75, 3.05) is 6.61 Å². The van der Waals surface area contributed by atoms with Gasteiger partial charge in [-0.1, -0.05) is 58.2 Å². The third kappa shape index (κ3) is 3.32. The molecule has 1 aromatic rings. The van der Waals surface area contributed by atoms with E-state index in [-0.39, 0.29) is 13.0 Å². The highest BCUT2D eigenvalue weighted by atomic mass is 16.5. The molecule has 5 heteroatoms. The average molecular weight is 360 g/mol. The molecule has 0 spiro atoms.